The first kappa shape index (κ1) is 19.1. The van der Waals surface area contributed by atoms with Gasteiger partial charge in [-0.3, -0.25) is 19.7 Å². The summed E-state index contributed by atoms with van der Waals surface area (Å²) in [7, 11) is 0. The number of aliphatic hydroxyl groups is 1. The van der Waals surface area contributed by atoms with Gasteiger partial charge in [0.2, 0.25) is 0 Å². The van der Waals surface area contributed by atoms with Crippen LogP contribution in [-0.4, -0.2) is 26.6 Å². The van der Waals surface area contributed by atoms with E-state index in [1.165, 1.54) is 29.4 Å². The molecule has 1 N–H and O–H groups in total. The summed E-state index contributed by atoms with van der Waals surface area (Å²) in [6.07, 6.45) is 1.44. The van der Waals surface area contributed by atoms with Crippen LogP contribution in [-0.2, 0) is 16.1 Å². The van der Waals surface area contributed by atoms with E-state index >= 15 is 0 Å². The smallest absolute Gasteiger partial charge is 0.296 e. The maximum atomic E-state index is 12.9. The van der Waals surface area contributed by atoms with Crippen LogP contribution < -0.4 is 0 Å². The highest BCUT2D eigenvalue weighted by Gasteiger charge is 2.46. The minimum Gasteiger partial charge on any atom is -0.507 e. The van der Waals surface area contributed by atoms with Crippen molar-refractivity contribution in [2.24, 2.45) is 0 Å². The van der Waals surface area contributed by atoms with Crippen molar-refractivity contribution in [3.8, 4) is 0 Å². The molecular weight excluding hydrogens is 388 g/mol. The van der Waals surface area contributed by atoms with E-state index in [1.807, 2.05) is 0 Å². The summed E-state index contributed by atoms with van der Waals surface area (Å²) < 4.78 is 5.31. The minimum atomic E-state index is -1.00. The number of benzene rings is 2. The molecule has 8 nitrogen and oxygen atoms in total. The molecule has 1 saturated heterocycles. The number of non-ortho nitro benzene ring substituents is 1. The second kappa shape index (κ2) is 7.67. The van der Waals surface area contributed by atoms with Crippen molar-refractivity contribution in [3.05, 3.63) is 106 Å². The number of likely N-dealkylation sites (tertiary alicyclic amines) is 1. The van der Waals surface area contributed by atoms with Crippen molar-refractivity contribution in [1.29, 1.82) is 0 Å². The Morgan fingerprint density at radius 3 is 2.50 bits per heavy atom. The second-order valence-electron chi connectivity index (χ2n) is 6.72. The molecule has 1 amide bonds. The van der Waals surface area contributed by atoms with Crippen molar-refractivity contribution in [2.75, 3.05) is 0 Å². The lowest BCUT2D eigenvalue weighted by atomic mass is 9.95. The lowest BCUT2D eigenvalue weighted by Gasteiger charge is -2.24. The number of furan rings is 1. The Morgan fingerprint density at radius 2 is 1.83 bits per heavy atom. The first-order valence-corrected chi connectivity index (χ1v) is 9.08. The van der Waals surface area contributed by atoms with Crippen molar-refractivity contribution in [2.45, 2.75) is 12.6 Å². The third kappa shape index (κ3) is 3.35. The van der Waals surface area contributed by atoms with E-state index in [4.69, 9.17) is 4.42 Å². The lowest BCUT2D eigenvalue weighted by molar-refractivity contribution is -0.384. The van der Waals surface area contributed by atoms with Gasteiger partial charge in [-0.15, -0.1) is 0 Å². The quantitative estimate of drug-likeness (QED) is 0.227. The number of hydrogen-bond donors (Lipinski definition) is 1. The number of hydrogen-bond acceptors (Lipinski definition) is 6. The maximum Gasteiger partial charge on any atom is 0.296 e. The molecule has 0 aliphatic carbocycles. The van der Waals surface area contributed by atoms with E-state index in [2.05, 4.69) is 0 Å². The molecule has 1 fully saturated rings. The zero-order chi connectivity index (χ0) is 21.3. The van der Waals surface area contributed by atoms with E-state index in [-0.39, 0.29) is 23.6 Å². The van der Waals surface area contributed by atoms with Gasteiger partial charge in [-0.05, 0) is 17.7 Å². The third-order valence-electron chi connectivity index (χ3n) is 4.89. The van der Waals surface area contributed by atoms with Crippen LogP contribution in [0.2, 0.25) is 0 Å². The Balaban J connectivity index is 1.89. The molecule has 2 heterocycles. The molecule has 1 atom stereocenters. The first-order chi connectivity index (χ1) is 14.5. The van der Waals surface area contributed by atoms with Gasteiger partial charge in [-0.25, -0.2) is 0 Å². The molecule has 4 rings (SSSR count). The summed E-state index contributed by atoms with van der Waals surface area (Å²) in [4.78, 5) is 37.7. The van der Waals surface area contributed by atoms with Gasteiger partial charge in [-0.1, -0.05) is 42.5 Å². The van der Waals surface area contributed by atoms with E-state index in [9.17, 15) is 24.8 Å². The van der Waals surface area contributed by atoms with Crippen molar-refractivity contribution < 1.29 is 24.0 Å². The molecule has 0 saturated carbocycles. The van der Waals surface area contributed by atoms with Crippen molar-refractivity contribution >= 4 is 23.1 Å². The number of nitro benzene ring substituents is 1. The highest BCUT2D eigenvalue weighted by molar-refractivity contribution is 6.46. The van der Waals surface area contributed by atoms with Gasteiger partial charge in [0, 0.05) is 17.7 Å². The van der Waals surface area contributed by atoms with Gasteiger partial charge in [0.1, 0.15) is 11.5 Å². The summed E-state index contributed by atoms with van der Waals surface area (Å²) in [5, 5.41) is 22.1. The van der Waals surface area contributed by atoms with Crippen LogP contribution in [0.15, 0.2) is 83.0 Å². The van der Waals surface area contributed by atoms with E-state index < -0.39 is 22.7 Å². The molecule has 1 aromatic heterocycles. The number of carbonyl (C=O) groups is 2. The van der Waals surface area contributed by atoms with Gasteiger partial charge >= 0.3 is 0 Å². The number of ketones is 1. The SMILES string of the molecule is O=C1C(=O)N(Cc2ccco2)[C@H](c2cccc([N+](=O)[O-])c2)/C1=C(\O)c1ccccc1. The summed E-state index contributed by atoms with van der Waals surface area (Å²) >= 11 is 0. The zero-order valence-corrected chi connectivity index (χ0v) is 15.6. The van der Waals surface area contributed by atoms with E-state index in [0.29, 0.717) is 16.9 Å². The van der Waals surface area contributed by atoms with Gasteiger partial charge in [0.25, 0.3) is 17.4 Å². The molecule has 1 aliphatic rings. The number of nitro groups is 1. The van der Waals surface area contributed by atoms with Crippen LogP contribution in [0.4, 0.5) is 5.69 Å². The number of Topliss-reactive ketones (excluding diaryl/α,β-unsaturated/α-hetero) is 1. The molecule has 3 aromatic rings. The molecule has 0 unspecified atom stereocenters. The molecule has 30 heavy (non-hydrogen) atoms. The molecule has 0 bridgehead atoms. The fraction of sp³-hybridized carbons (Fsp3) is 0.0909. The topological polar surface area (TPSA) is 114 Å². The predicted molar refractivity (Wildman–Crippen MR) is 106 cm³/mol. The van der Waals surface area contributed by atoms with Gasteiger partial charge < -0.3 is 14.4 Å². The van der Waals surface area contributed by atoms with Gasteiger partial charge in [0.15, 0.2) is 0 Å². The van der Waals surface area contributed by atoms with Crippen molar-refractivity contribution in [1.82, 2.24) is 4.90 Å². The Bertz CT molecular complexity index is 1150. The first-order valence-electron chi connectivity index (χ1n) is 9.08. The molecule has 8 heteroatoms. The van der Waals surface area contributed by atoms with E-state index in [0.717, 1.165) is 0 Å². The van der Waals surface area contributed by atoms with Crippen LogP contribution in [0.1, 0.15) is 22.9 Å². The molecular formula is C22H16N2O6. The van der Waals surface area contributed by atoms with Crippen LogP contribution in [0.3, 0.4) is 0 Å². The number of rotatable bonds is 5. The van der Waals surface area contributed by atoms with E-state index in [1.54, 1.807) is 48.5 Å². The predicted octanol–water partition coefficient (Wildman–Crippen LogP) is 3.81. The van der Waals surface area contributed by atoms with Crippen LogP contribution >= 0.6 is 0 Å². The Kier molecular flexibility index (Phi) is 4.89. The fourth-order valence-electron chi connectivity index (χ4n) is 3.52. The monoisotopic (exact) mass is 404 g/mol. The van der Waals surface area contributed by atoms with Gasteiger partial charge in [-0.2, -0.15) is 0 Å². The maximum absolute atomic E-state index is 12.9. The summed E-state index contributed by atoms with van der Waals surface area (Å²) in [6.45, 7) is -0.0312. The largest absolute Gasteiger partial charge is 0.507 e. The van der Waals surface area contributed by atoms with Crippen LogP contribution in [0.25, 0.3) is 5.76 Å². The van der Waals surface area contributed by atoms with Crippen molar-refractivity contribution in [3.63, 3.8) is 0 Å². The Labute approximate surface area is 170 Å². The van der Waals surface area contributed by atoms with Crippen LogP contribution in [0, 0.1) is 10.1 Å². The minimum absolute atomic E-state index is 0.0312. The number of carbonyl (C=O) groups excluding carboxylic acids is 2. The number of nitrogens with zero attached hydrogens (tertiary/aromatic N) is 2. The molecule has 1 aliphatic heterocycles. The Hall–Kier alpha value is -4.20. The third-order valence-corrected chi connectivity index (χ3v) is 4.89. The molecule has 2 aromatic carbocycles. The standard InChI is InChI=1S/C22H16N2O6/c25-20(14-6-2-1-3-7-14)18-19(15-8-4-9-16(12-15)24(28)29)23(22(27)21(18)26)13-17-10-5-11-30-17/h1-12,19,25H,13H2/b20-18+/t19-/m1/s1. The highest BCUT2D eigenvalue weighted by atomic mass is 16.6. The number of aliphatic hydroxyl groups excluding tert-OH is 1. The summed E-state index contributed by atoms with van der Waals surface area (Å²) in [6, 6.07) is 16.3. The summed E-state index contributed by atoms with van der Waals surface area (Å²) in [5.74, 6) is -1.58. The average molecular weight is 404 g/mol. The highest BCUT2D eigenvalue weighted by Crippen LogP contribution is 2.41. The lowest BCUT2D eigenvalue weighted by Crippen LogP contribution is -2.29. The average Bonchev–Trinajstić information content (AvgIpc) is 3.36. The summed E-state index contributed by atoms with van der Waals surface area (Å²) in [5.41, 5.74) is 0.394. The molecule has 150 valence electrons. The fourth-order valence-corrected chi connectivity index (χ4v) is 3.52. The second-order valence-corrected chi connectivity index (χ2v) is 6.72. The van der Waals surface area contributed by atoms with Gasteiger partial charge in [0.05, 0.1) is 29.3 Å². The Morgan fingerprint density at radius 1 is 1.07 bits per heavy atom. The zero-order valence-electron chi connectivity index (χ0n) is 15.6. The number of amides is 1. The molecule has 0 radical (unpaired) electrons. The normalized spacial score (nSPS) is 18.0. The molecule has 0 spiro atoms. The van der Waals surface area contributed by atoms with Crippen LogP contribution in [0.5, 0.6) is 0 Å².